The fraction of sp³-hybridized carbons (Fsp3) is 0.250. The zero-order chi connectivity index (χ0) is 22.4. The minimum atomic E-state index is -0.386. The summed E-state index contributed by atoms with van der Waals surface area (Å²) in [6, 6.07) is 14.7. The number of pyridine rings is 1. The van der Waals surface area contributed by atoms with E-state index in [2.05, 4.69) is 9.88 Å². The highest BCUT2D eigenvalue weighted by Crippen LogP contribution is 2.40. The minimum absolute atomic E-state index is 0.00458. The van der Waals surface area contributed by atoms with Crippen LogP contribution in [-0.2, 0) is 0 Å². The third-order valence-electron chi connectivity index (χ3n) is 5.07. The molecule has 0 saturated heterocycles. The van der Waals surface area contributed by atoms with Crippen molar-refractivity contribution in [1.82, 2.24) is 9.88 Å². The first-order chi connectivity index (χ1) is 14.9. The summed E-state index contributed by atoms with van der Waals surface area (Å²) in [7, 11) is 3.99. The van der Waals surface area contributed by atoms with E-state index in [0.29, 0.717) is 17.8 Å². The average molecular weight is 418 g/mol. The lowest BCUT2D eigenvalue weighted by molar-refractivity contribution is -0.384. The molecular formula is C24H26N4O3. The van der Waals surface area contributed by atoms with Crippen molar-refractivity contribution in [3.8, 4) is 11.1 Å². The molecule has 31 heavy (non-hydrogen) atoms. The number of aldehydes is 1. The number of hydrogen-bond donors (Lipinski definition) is 0. The SMILES string of the molecule is Cc1ccc(N(CCCN(C)C)c2cnccc2[N+](=O)[O-])c(-c2ccccc2C=O)c1. The molecule has 0 aliphatic carbocycles. The number of carbonyl (C=O) groups excluding carboxylic acids is 1. The first-order valence-electron chi connectivity index (χ1n) is 10.1. The number of aryl methyl sites for hydroxylation is 1. The van der Waals surface area contributed by atoms with Crippen molar-refractivity contribution in [1.29, 1.82) is 0 Å². The molecule has 3 aromatic rings. The maximum Gasteiger partial charge on any atom is 0.296 e. The fourth-order valence-electron chi connectivity index (χ4n) is 3.60. The van der Waals surface area contributed by atoms with Gasteiger partial charge in [-0.2, -0.15) is 0 Å². The minimum Gasteiger partial charge on any atom is -0.334 e. The molecule has 2 aromatic carbocycles. The summed E-state index contributed by atoms with van der Waals surface area (Å²) in [6.07, 6.45) is 4.59. The lowest BCUT2D eigenvalue weighted by Crippen LogP contribution is -2.24. The van der Waals surface area contributed by atoms with Gasteiger partial charge in [0, 0.05) is 35.6 Å². The number of anilines is 2. The van der Waals surface area contributed by atoms with Gasteiger partial charge >= 0.3 is 0 Å². The highest BCUT2D eigenvalue weighted by molar-refractivity contribution is 5.93. The van der Waals surface area contributed by atoms with Crippen LogP contribution in [0.25, 0.3) is 11.1 Å². The van der Waals surface area contributed by atoms with Crippen molar-refractivity contribution >= 4 is 23.3 Å². The Bertz CT molecular complexity index is 1080. The van der Waals surface area contributed by atoms with Gasteiger partial charge in [0.15, 0.2) is 6.29 Å². The van der Waals surface area contributed by atoms with Crippen LogP contribution in [0.15, 0.2) is 60.9 Å². The molecule has 1 heterocycles. The number of hydrogen-bond acceptors (Lipinski definition) is 6. The predicted octanol–water partition coefficient (Wildman–Crippen LogP) is 4.87. The fourth-order valence-corrected chi connectivity index (χ4v) is 3.60. The normalized spacial score (nSPS) is 10.8. The van der Waals surface area contributed by atoms with Crippen LogP contribution in [-0.4, -0.2) is 48.3 Å². The third-order valence-corrected chi connectivity index (χ3v) is 5.07. The predicted molar refractivity (Wildman–Crippen MR) is 123 cm³/mol. The van der Waals surface area contributed by atoms with Crippen LogP contribution in [0.2, 0.25) is 0 Å². The van der Waals surface area contributed by atoms with Crippen molar-refractivity contribution in [2.45, 2.75) is 13.3 Å². The molecule has 0 amide bonds. The van der Waals surface area contributed by atoms with Gasteiger partial charge in [-0.3, -0.25) is 19.9 Å². The van der Waals surface area contributed by atoms with Crippen LogP contribution in [0.3, 0.4) is 0 Å². The molecule has 1 aromatic heterocycles. The van der Waals surface area contributed by atoms with Crippen molar-refractivity contribution in [3.63, 3.8) is 0 Å². The molecule has 0 saturated carbocycles. The number of nitro groups is 1. The van der Waals surface area contributed by atoms with Crippen LogP contribution in [0.5, 0.6) is 0 Å². The molecule has 0 spiro atoms. The molecule has 0 atom stereocenters. The first kappa shape index (κ1) is 22.1. The van der Waals surface area contributed by atoms with Gasteiger partial charge < -0.3 is 9.80 Å². The molecule has 0 N–H and O–H groups in total. The Hall–Kier alpha value is -3.58. The van der Waals surface area contributed by atoms with Crippen LogP contribution in [0, 0.1) is 17.0 Å². The van der Waals surface area contributed by atoms with Crippen LogP contribution >= 0.6 is 0 Å². The Morgan fingerprint density at radius 1 is 1.03 bits per heavy atom. The summed E-state index contributed by atoms with van der Waals surface area (Å²) >= 11 is 0. The largest absolute Gasteiger partial charge is 0.334 e. The maximum atomic E-state index is 11.7. The van der Waals surface area contributed by atoms with E-state index < -0.39 is 0 Å². The Labute approximate surface area is 182 Å². The van der Waals surface area contributed by atoms with Gasteiger partial charge in [-0.25, -0.2) is 0 Å². The number of rotatable bonds is 9. The van der Waals surface area contributed by atoms with Gasteiger partial charge in [0.25, 0.3) is 5.69 Å². The van der Waals surface area contributed by atoms with Gasteiger partial charge in [-0.05, 0) is 51.7 Å². The molecule has 0 aliphatic rings. The molecule has 7 heteroatoms. The number of carbonyl (C=O) groups is 1. The molecule has 0 fully saturated rings. The number of nitrogens with zero attached hydrogens (tertiary/aromatic N) is 4. The van der Waals surface area contributed by atoms with Gasteiger partial charge in [0.1, 0.15) is 5.69 Å². The highest BCUT2D eigenvalue weighted by Gasteiger charge is 2.23. The van der Waals surface area contributed by atoms with Gasteiger partial charge in [0.05, 0.1) is 11.1 Å². The van der Waals surface area contributed by atoms with E-state index >= 15 is 0 Å². The monoisotopic (exact) mass is 418 g/mol. The van der Waals surface area contributed by atoms with E-state index in [9.17, 15) is 14.9 Å². The Balaban J connectivity index is 2.20. The van der Waals surface area contributed by atoms with Crippen LogP contribution in [0.4, 0.5) is 17.1 Å². The van der Waals surface area contributed by atoms with Gasteiger partial charge in [-0.1, -0.05) is 35.9 Å². The topological polar surface area (TPSA) is 79.6 Å². The molecule has 7 nitrogen and oxygen atoms in total. The van der Waals surface area contributed by atoms with Crippen LogP contribution < -0.4 is 4.90 Å². The standard InChI is InChI=1S/C24H26N4O3/c1-18-9-10-22(21(15-18)20-8-5-4-7-19(20)17-29)27(14-6-13-26(2)3)24-16-25-12-11-23(24)28(30)31/h4-5,7-12,15-17H,6,13-14H2,1-3H3. The van der Waals surface area contributed by atoms with Crippen molar-refractivity contribution in [2.24, 2.45) is 0 Å². The van der Waals surface area contributed by atoms with Crippen LogP contribution in [0.1, 0.15) is 22.3 Å². The zero-order valence-corrected chi connectivity index (χ0v) is 18.0. The summed E-state index contributed by atoms with van der Waals surface area (Å²) in [6.45, 7) is 3.38. The first-order valence-corrected chi connectivity index (χ1v) is 10.1. The van der Waals surface area contributed by atoms with E-state index in [-0.39, 0.29) is 10.6 Å². The van der Waals surface area contributed by atoms with Gasteiger partial charge in [0.2, 0.25) is 0 Å². The molecular weight excluding hydrogens is 392 g/mol. The molecule has 0 bridgehead atoms. The molecule has 0 radical (unpaired) electrons. The van der Waals surface area contributed by atoms with Crippen molar-refractivity contribution in [2.75, 3.05) is 32.1 Å². The molecule has 0 aliphatic heterocycles. The average Bonchev–Trinajstić information content (AvgIpc) is 2.77. The van der Waals surface area contributed by atoms with Crippen molar-refractivity contribution < 1.29 is 9.72 Å². The Morgan fingerprint density at radius 3 is 2.52 bits per heavy atom. The summed E-state index contributed by atoms with van der Waals surface area (Å²) in [5.41, 5.74) is 4.48. The number of aromatic nitrogens is 1. The van der Waals surface area contributed by atoms with Gasteiger partial charge in [-0.15, -0.1) is 0 Å². The van der Waals surface area contributed by atoms with E-state index in [0.717, 1.165) is 41.6 Å². The molecule has 3 rings (SSSR count). The lowest BCUT2D eigenvalue weighted by Gasteiger charge is -2.28. The van der Waals surface area contributed by atoms with Crippen molar-refractivity contribution in [3.05, 3.63) is 82.2 Å². The molecule has 0 unspecified atom stereocenters. The summed E-state index contributed by atoms with van der Waals surface area (Å²) in [5, 5.41) is 11.7. The van der Waals surface area contributed by atoms with E-state index in [1.807, 2.05) is 62.3 Å². The smallest absolute Gasteiger partial charge is 0.296 e. The second-order valence-electron chi connectivity index (χ2n) is 7.66. The van der Waals surface area contributed by atoms with E-state index in [1.165, 1.54) is 18.5 Å². The zero-order valence-electron chi connectivity index (χ0n) is 18.0. The maximum absolute atomic E-state index is 11.7. The van der Waals surface area contributed by atoms with E-state index in [1.54, 1.807) is 6.07 Å². The lowest BCUT2D eigenvalue weighted by atomic mass is 9.96. The quantitative estimate of drug-likeness (QED) is 0.280. The summed E-state index contributed by atoms with van der Waals surface area (Å²) in [5.74, 6) is 0. The summed E-state index contributed by atoms with van der Waals surface area (Å²) < 4.78 is 0. The Kier molecular flexibility index (Phi) is 7.10. The third kappa shape index (κ3) is 5.13. The highest BCUT2D eigenvalue weighted by atomic mass is 16.6. The van der Waals surface area contributed by atoms with E-state index in [4.69, 9.17) is 0 Å². The molecule has 160 valence electrons. The number of benzene rings is 2. The second kappa shape index (κ2) is 9.95. The second-order valence-corrected chi connectivity index (χ2v) is 7.66. The summed E-state index contributed by atoms with van der Waals surface area (Å²) in [4.78, 5) is 31.2. The Morgan fingerprint density at radius 2 is 1.81 bits per heavy atom.